The Balaban J connectivity index is 1.30. The summed E-state index contributed by atoms with van der Waals surface area (Å²) in [5.74, 6) is 0.850. The molecule has 0 aliphatic carbocycles. The summed E-state index contributed by atoms with van der Waals surface area (Å²) in [7, 11) is 0. The number of hydrogen-bond acceptors (Lipinski definition) is 6. The van der Waals surface area contributed by atoms with Crippen LogP contribution in [0.4, 0.5) is 0 Å². The van der Waals surface area contributed by atoms with Gasteiger partial charge < -0.3 is 5.32 Å². The van der Waals surface area contributed by atoms with Crippen LogP contribution in [0.5, 0.6) is 0 Å². The van der Waals surface area contributed by atoms with E-state index < -0.39 is 0 Å². The van der Waals surface area contributed by atoms with Gasteiger partial charge in [-0.3, -0.25) is 9.20 Å². The highest BCUT2D eigenvalue weighted by molar-refractivity contribution is 5.98. The van der Waals surface area contributed by atoms with E-state index in [4.69, 9.17) is 0 Å². The topological polar surface area (TPSA) is 103 Å². The van der Waals surface area contributed by atoms with E-state index >= 15 is 0 Å². The fourth-order valence-corrected chi connectivity index (χ4v) is 3.49. The Kier molecular flexibility index (Phi) is 5.78. The van der Waals surface area contributed by atoms with E-state index in [1.54, 1.807) is 4.68 Å². The molecule has 3 heterocycles. The first-order valence-electron chi connectivity index (χ1n) is 10.1. The maximum absolute atomic E-state index is 12.8. The van der Waals surface area contributed by atoms with Crippen molar-refractivity contribution in [2.24, 2.45) is 0 Å². The highest BCUT2D eigenvalue weighted by Crippen LogP contribution is 2.21. The Morgan fingerprint density at radius 1 is 1.07 bits per heavy atom. The van der Waals surface area contributed by atoms with Crippen LogP contribution in [0.2, 0.25) is 0 Å². The Bertz CT molecular complexity index is 1150. The summed E-state index contributed by atoms with van der Waals surface area (Å²) in [5.41, 5.74) is 4.22. The standard InChI is InChI=1S/C21H24N8O/c1-15-10-11-17(20(16(15)2)29-14-23-26-27-29)21(30)22-12-6-3-4-8-18-24-25-19-9-5-7-13-28(18)19/h5,7,9-11,13-14H,3-4,6,8,12H2,1-2H3,(H,22,30). The highest BCUT2D eigenvalue weighted by Gasteiger charge is 2.17. The number of amides is 1. The minimum atomic E-state index is -0.118. The molecule has 0 spiro atoms. The molecule has 1 N–H and O–H groups in total. The number of nitrogens with zero attached hydrogens (tertiary/aromatic N) is 7. The van der Waals surface area contributed by atoms with Gasteiger partial charge in [0.1, 0.15) is 12.2 Å². The monoisotopic (exact) mass is 404 g/mol. The second-order valence-corrected chi connectivity index (χ2v) is 7.27. The molecule has 30 heavy (non-hydrogen) atoms. The third-order valence-corrected chi connectivity index (χ3v) is 5.27. The van der Waals surface area contributed by atoms with Crippen molar-refractivity contribution in [2.75, 3.05) is 6.54 Å². The van der Waals surface area contributed by atoms with Crippen molar-refractivity contribution < 1.29 is 4.79 Å². The molecule has 3 aromatic heterocycles. The van der Waals surface area contributed by atoms with Gasteiger partial charge in [0.05, 0.1) is 11.3 Å². The molecule has 0 radical (unpaired) electrons. The first-order valence-corrected chi connectivity index (χ1v) is 10.1. The fraction of sp³-hybridized carbons (Fsp3) is 0.333. The molecular weight excluding hydrogens is 380 g/mol. The maximum Gasteiger partial charge on any atom is 0.253 e. The molecule has 9 nitrogen and oxygen atoms in total. The summed E-state index contributed by atoms with van der Waals surface area (Å²) in [5, 5.41) is 22.8. The number of pyridine rings is 1. The van der Waals surface area contributed by atoms with Gasteiger partial charge in [-0.2, -0.15) is 4.68 Å². The van der Waals surface area contributed by atoms with E-state index in [0.717, 1.165) is 54.0 Å². The van der Waals surface area contributed by atoms with Crippen molar-refractivity contribution in [2.45, 2.75) is 39.5 Å². The lowest BCUT2D eigenvalue weighted by molar-refractivity contribution is 0.0952. The second-order valence-electron chi connectivity index (χ2n) is 7.27. The van der Waals surface area contributed by atoms with E-state index in [-0.39, 0.29) is 5.91 Å². The first-order chi connectivity index (χ1) is 14.6. The van der Waals surface area contributed by atoms with Crippen molar-refractivity contribution in [3.8, 4) is 5.69 Å². The summed E-state index contributed by atoms with van der Waals surface area (Å²) in [6.45, 7) is 4.59. The highest BCUT2D eigenvalue weighted by atomic mass is 16.1. The number of nitrogens with one attached hydrogen (secondary N) is 1. The minimum Gasteiger partial charge on any atom is -0.352 e. The number of hydrogen-bond donors (Lipinski definition) is 1. The van der Waals surface area contributed by atoms with Crippen LogP contribution in [0.3, 0.4) is 0 Å². The van der Waals surface area contributed by atoms with Crippen molar-refractivity contribution in [1.82, 2.24) is 40.1 Å². The van der Waals surface area contributed by atoms with E-state index in [1.807, 2.05) is 54.8 Å². The Morgan fingerprint density at radius 3 is 2.80 bits per heavy atom. The molecule has 9 heteroatoms. The lowest BCUT2D eigenvalue weighted by Crippen LogP contribution is -2.26. The zero-order valence-electron chi connectivity index (χ0n) is 17.1. The zero-order chi connectivity index (χ0) is 20.9. The molecule has 4 rings (SSSR count). The van der Waals surface area contributed by atoms with Gasteiger partial charge in [0, 0.05) is 19.2 Å². The summed E-state index contributed by atoms with van der Waals surface area (Å²) in [4.78, 5) is 12.8. The van der Waals surface area contributed by atoms with Crippen molar-refractivity contribution in [1.29, 1.82) is 0 Å². The van der Waals surface area contributed by atoms with Gasteiger partial charge in [-0.1, -0.05) is 18.6 Å². The molecule has 1 aromatic carbocycles. The number of carbonyl (C=O) groups is 1. The molecule has 154 valence electrons. The van der Waals surface area contributed by atoms with Gasteiger partial charge >= 0.3 is 0 Å². The molecule has 0 fully saturated rings. The third-order valence-electron chi connectivity index (χ3n) is 5.27. The van der Waals surface area contributed by atoms with Crippen LogP contribution < -0.4 is 5.32 Å². The number of tetrazole rings is 1. The Morgan fingerprint density at radius 2 is 1.97 bits per heavy atom. The fourth-order valence-electron chi connectivity index (χ4n) is 3.49. The number of unbranched alkanes of at least 4 members (excludes halogenated alkanes) is 2. The lowest BCUT2D eigenvalue weighted by atomic mass is 10.0. The Hall–Kier alpha value is -3.62. The molecule has 1 amide bonds. The van der Waals surface area contributed by atoms with Crippen LogP contribution in [0, 0.1) is 13.8 Å². The molecule has 0 bridgehead atoms. The largest absolute Gasteiger partial charge is 0.352 e. The van der Waals surface area contributed by atoms with Gasteiger partial charge in [-0.05, 0) is 66.4 Å². The van der Waals surface area contributed by atoms with E-state index in [9.17, 15) is 4.79 Å². The molecule has 0 aliphatic rings. The van der Waals surface area contributed by atoms with Crippen LogP contribution in [-0.2, 0) is 6.42 Å². The molecule has 0 unspecified atom stereocenters. The average molecular weight is 404 g/mol. The summed E-state index contributed by atoms with van der Waals surface area (Å²) in [6.07, 6.45) is 7.23. The average Bonchev–Trinajstić information content (AvgIpc) is 3.42. The van der Waals surface area contributed by atoms with Crippen LogP contribution in [0.1, 0.15) is 46.6 Å². The van der Waals surface area contributed by atoms with Gasteiger partial charge in [0.25, 0.3) is 5.91 Å². The smallest absolute Gasteiger partial charge is 0.253 e. The van der Waals surface area contributed by atoms with Crippen molar-refractivity contribution >= 4 is 11.6 Å². The second kappa shape index (κ2) is 8.81. The number of benzene rings is 1. The van der Waals surface area contributed by atoms with Crippen LogP contribution >= 0.6 is 0 Å². The minimum absolute atomic E-state index is 0.118. The Labute approximate surface area is 174 Å². The predicted octanol–water partition coefficient (Wildman–Crippen LogP) is 2.46. The molecule has 4 aromatic rings. The number of fused-ring (bicyclic) bond motifs is 1. The van der Waals surface area contributed by atoms with Crippen LogP contribution in [0.25, 0.3) is 11.3 Å². The van der Waals surface area contributed by atoms with Gasteiger partial charge in [-0.15, -0.1) is 15.3 Å². The molecule has 0 aliphatic heterocycles. The SMILES string of the molecule is Cc1ccc(C(=O)NCCCCCc2nnc3ccccn23)c(-n2cnnn2)c1C. The normalized spacial score (nSPS) is 11.1. The van der Waals surface area contributed by atoms with Crippen molar-refractivity contribution in [3.05, 3.63) is 65.4 Å². The summed E-state index contributed by atoms with van der Waals surface area (Å²) in [6, 6.07) is 9.65. The quantitative estimate of drug-likeness (QED) is 0.453. The predicted molar refractivity (Wildman–Crippen MR) is 112 cm³/mol. The zero-order valence-corrected chi connectivity index (χ0v) is 17.1. The van der Waals surface area contributed by atoms with E-state index in [1.165, 1.54) is 6.33 Å². The van der Waals surface area contributed by atoms with Crippen LogP contribution in [-0.4, -0.2) is 47.3 Å². The number of rotatable bonds is 8. The molecule has 0 atom stereocenters. The van der Waals surface area contributed by atoms with Gasteiger partial charge in [0.2, 0.25) is 0 Å². The third kappa shape index (κ3) is 4.05. The molecule has 0 saturated heterocycles. The maximum atomic E-state index is 12.8. The van der Waals surface area contributed by atoms with Gasteiger partial charge in [0.15, 0.2) is 5.65 Å². The molecular formula is C21H24N8O. The number of carbonyl (C=O) groups excluding carboxylic acids is 1. The number of aryl methyl sites for hydroxylation is 2. The lowest BCUT2D eigenvalue weighted by Gasteiger charge is -2.14. The van der Waals surface area contributed by atoms with Crippen molar-refractivity contribution in [3.63, 3.8) is 0 Å². The summed E-state index contributed by atoms with van der Waals surface area (Å²) < 4.78 is 3.56. The van der Waals surface area contributed by atoms with E-state index in [2.05, 4.69) is 31.0 Å². The number of aromatic nitrogens is 7. The molecule has 0 saturated carbocycles. The summed E-state index contributed by atoms with van der Waals surface area (Å²) >= 11 is 0. The van der Waals surface area contributed by atoms with Gasteiger partial charge in [-0.25, -0.2) is 0 Å². The van der Waals surface area contributed by atoms with E-state index in [0.29, 0.717) is 12.1 Å². The van der Waals surface area contributed by atoms with Crippen LogP contribution in [0.15, 0.2) is 42.9 Å². The first kappa shape index (κ1) is 19.7.